The van der Waals surface area contributed by atoms with E-state index < -0.39 is 0 Å². The monoisotopic (exact) mass is 362 g/mol. The quantitative estimate of drug-likeness (QED) is 0.722. The second-order valence-corrected chi connectivity index (χ2v) is 7.46. The van der Waals surface area contributed by atoms with Gasteiger partial charge in [-0.2, -0.15) is 0 Å². The van der Waals surface area contributed by atoms with Gasteiger partial charge in [0.1, 0.15) is 5.75 Å². The van der Waals surface area contributed by atoms with Crippen LogP contribution in [0.25, 0.3) is 0 Å². The van der Waals surface area contributed by atoms with Crippen molar-refractivity contribution < 1.29 is 14.3 Å². The molecule has 0 fully saturated rings. The number of carbonyl (C=O) groups is 1. The van der Waals surface area contributed by atoms with E-state index in [1.807, 2.05) is 49.9 Å². The molecule has 0 saturated carbocycles. The summed E-state index contributed by atoms with van der Waals surface area (Å²) in [4.78, 5) is 20.4. The summed E-state index contributed by atoms with van der Waals surface area (Å²) in [6.45, 7) is 6.93. The number of rotatable bonds is 8. The second-order valence-electron chi connectivity index (χ2n) is 6.05. The molecule has 1 atom stereocenters. The summed E-state index contributed by atoms with van der Waals surface area (Å²) in [7, 11) is 3.29. The van der Waals surface area contributed by atoms with E-state index in [9.17, 15) is 4.79 Å². The number of aryl methyl sites for hydroxylation is 2. The van der Waals surface area contributed by atoms with E-state index in [0.29, 0.717) is 19.6 Å². The van der Waals surface area contributed by atoms with Gasteiger partial charge >= 0.3 is 0 Å². The van der Waals surface area contributed by atoms with Gasteiger partial charge in [-0.25, -0.2) is 4.98 Å². The van der Waals surface area contributed by atoms with Crippen molar-refractivity contribution in [3.63, 3.8) is 0 Å². The van der Waals surface area contributed by atoms with Gasteiger partial charge in [-0.15, -0.1) is 11.3 Å². The Kier molecular flexibility index (Phi) is 6.96. The van der Waals surface area contributed by atoms with E-state index in [1.165, 1.54) is 0 Å². The first-order valence-corrected chi connectivity index (χ1v) is 9.11. The number of hydrogen-bond donors (Lipinski definition) is 0. The van der Waals surface area contributed by atoms with Gasteiger partial charge in [0.25, 0.3) is 0 Å². The number of hydrogen-bond acceptors (Lipinski definition) is 5. The Hall–Kier alpha value is -1.92. The van der Waals surface area contributed by atoms with Crippen LogP contribution in [0.3, 0.4) is 0 Å². The maximum atomic E-state index is 13.0. The Morgan fingerprint density at radius 1 is 1.28 bits per heavy atom. The van der Waals surface area contributed by atoms with Gasteiger partial charge < -0.3 is 14.4 Å². The van der Waals surface area contributed by atoms with Crippen LogP contribution in [-0.4, -0.2) is 42.7 Å². The zero-order valence-corrected chi connectivity index (χ0v) is 16.4. The Labute approximate surface area is 153 Å². The smallest absolute Gasteiger partial charge is 0.229 e. The van der Waals surface area contributed by atoms with E-state index in [-0.39, 0.29) is 11.9 Å². The van der Waals surface area contributed by atoms with Crippen LogP contribution >= 0.6 is 11.3 Å². The molecule has 136 valence electrons. The number of aromatic nitrogens is 1. The van der Waals surface area contributed by atoms with Crippen LogP contribution in [0.4, 0.5) is 0 Å². The highest BCUT2D eigenvalue weighted by Gasteiger charge is 2.23. The summed E-state index contributed by atoms with van der Waals surface area (Å²) >= 11 is 1.63. The lowest BCUT2D eigenvalue weighted by atomic mass is 10.1. The van der Waals surface area contributed by atoms with Crippen molar-refractivity contribution in [2.24, 2.45) is 0 Å². The second kappa shape index (κ2) is 8.97. The van der Waals surface area contributed by atoms with E-state index in [1.54, 1.807) is 25.6 Å². The van der Waals surface area contributed by atoms with Crippen LogP contribution in [0, 0.1) is 13.8 Å². The molecule has 25 heavy (non-hydrogen) atoms. The fourth-order valence-electron chi connectivity index (χ4n) is 2.82. The first-order chi connectivity index (χ1) is 12.0. The third-order valence-electron chi connectivity index (χ3n) is 4.11. The molecular formula is C19H26N2O3S. The molecular weight excluding hydrogens is 336 g/mol. The van der Waals surface area contributed by atoms with Crippen LogP contribution in [0.2, 0.25) is 0 Å². The highest BCUT2D eigenvalue weighted by Crippen LogP contribution is 2.22. The van der Waals surface area contributed by atoms with Gasteiger partial charge in [-0.05, 0) is 26.8 Å². The van der Waals surface area contributed by atoms with Crippen molar-refractivity contribution in [1.29, 1.82) is 0 Å². The molecule has 2 rings (SSSR count). The third-order valence-corrected chi connectivity index (χ3v) is 5.04. The number of nitrogens with zero attached hydrogens (tertiary/aromatic N) is 2. The van der Waals surface area contributed by atoms with Crippen LogP contribution < -0.4 is 4.74 Å². The van der Waals surface area contributed by atoms with Gasteiger partial charge in [0.05, 0.1) is 36.9 Å². The zero-order chi connectivity index (χ0) is 18.4. The van der Waals surface area contributed by atoms with Gasteiger partial charge in [-0.3, -0.25) is 4.79 Å². The summed E-state index contributed by atoms with van der Waals surface area (Å²) in [6, 6.07) is 7.73. The molecule has 1 aromatic heterocycles. The highest BCUT2D eigenvalue weighted by molar-refractivity contribution is 7.11. The minimum atomic E-state index is -0.0394. The van der Waals surface area contributed by atoms with Crippen molar-refractivity contribution in [1.82, 2.24) is 9.88 Å². The van der Waals surface area contributed by atoms with Gasteiger partial charge in [-0.1, -0.05) is 18.2 Å². The molecule has 0 aliphatic heterocycles. The lowest BCUT2D eigenvalue weighted by Crippen LogP contribution is -2.41. The SMILES string of the molecule is COC[C@@H](C)N(Cc1ccccc1OC)C(=O)Cc1nc(C)sc1C. The van der Waals surface area contributed by atoms with Crippen LogP contribution in [0.1, 0.15) is 28.1 Å². The normalized spacial score (nSPS) is 12.0. The number of carbonyl (C=O) groups excluding carboxylic acids is 1. The molecule has 0 unspecified atom stereocenters. The Bertz CT molecular complexity index is 714. The highest BCUT2D eigenvalue weighted by atomic mass is 32.1. The van der Waals surface area contributed by atoms with Crippen LogP contribution in [0.5, 0.6) is 5.75 Å². The molecule has 1 amide bonds. The van der Waals surface area contributed by atoms with Gasteiger partial charge in [0.2, 0.25) is 5.91 Å². The minimum Gasteiger partial charge on any atom is -0.496 e. The molecule has 0 saturated heterocycles. The first-order valence-electron chi connectivity index (χ1n) is 8.29. The molecule has 0 bridgehead atoms. The zero-order valence-electron chi connectivity index (χ0n) is 15.5. The van der Waals surface area contributed by atoms with Crippen LogP contribution in [-0.2, 0) is 22.5 Å². The van der Waals surface area contributed by atoms with E-state index >= 15 is 0 Å². The molecule has 1 heterocycles. The molecule has 6 heteroatoms. The number of amides is 1. The predicted octanol–water partition coefficient (Wildman–Crippen LogP) is 3.37. The van der Waals surface area contributed by atoms with Crippen molar-refractivity contribution in [2.75, 3.05) is 20.8 Å². The van der Waals surface area contributed by atoms with Crippen molar-refractivity contribution in [2.45, 2.75) is 39.8 Å². The summed E-state index contributed by atoms with van der Waals surface area (Å²) in [5.74, 6) is 0.828. The number of thiazole rings is 1. The lowest BCUT2D eigenvalue weighted by molar-refractivity contribution is -0.134. The van der Waals surface area contributed by atoms with E-state index in [4.69, 9.17) is 9.47 Å². The molecule has 0 aliphatic rings. The van der Waals surface area contributed by atoms with Gasteiger partial charge in [0, 0.05) is 24.1 Å². The molecule has 5 nitrogen and oxygen atoms in total. The maximum absolute atomic E-state index is 13.0. The van der Waals surface area contributed by atoms with Gasteiger partial charge in [0.15, 0.2) is 0 Å². The number of benzene rings is 1. The maximum Gasteiger partial charge on any atom is 0.229 e. The van der Waals surface area contributed by atoms with E-state index in [0.717, 1.165) is 26.9 Å². The Balaban J connectivity index is 2.22. The molecule has 0 N–H and O–H groups in total. The van der Waals surface area contributed by atoms with Crippen LogP contribution in [0.15, 0.2) is 24.3 Å². The van der Waals surface area contributed by atoms with Crippen molar-refractivity contribution >= 4 is 17.2 Å². The summed E-state index contributed by atoms with van der Waals surface area (Å²) < 4.78 is 10.7. The number of ether oxygens (including phenoxy) is 2. The topological polar surface area (TPSA) is 51.7 Å². The third kappa shape index (κ3) is 5.03. The van der Waals surface area contributed by atoms with Crippen molar-refractivity contribution in [3.05, 3.63) is 45.4 Å². The standard InChI is InChI=1S/C19H26N2O3S/c1-13(12-23-4)21(11-16-8-6-7-9-18(16)24-5)19(22)10-17-14(2)25-15(3)20-17/h6-9,13H,10-12H2,1-5H3/t13-/m1/s1. The largest absolute Gasteiger partial charge is 0.496 e. The average Bonchev–Trinajstić information content (AvgIpc) is 2.90. The average molecular weight is 362 g/mol. The number of para-hydroxylation sites is 1. The summed E-state index contributed by atoms with van der Waals surface area (Å²) in [5.41, 5.74) is 1.84. The van der Waals surface area contributed by atoms with E-state index in [2.05, 4.69) is 4.98 Å². The fourth-order valence-corrected chi connectivity index (χ4v) is 3.65. The minimum absolute atomic E-state index is 0.0394. The molecule has 2 aromatic rings. The molecule has 1 aromatic carbocycles. The lowest BCUT2D eigenvalue weighted by Gasteiger charge is -2.29. The molecule has 0 spiro atoms. The first kappa shape index (κ1) is 19.4. The van der Waals surface area contributed by atoms with Crippen molar-refractivity contribution in [3.8, 4) is 5.75 Å². The molecule has 0 radical (unpaired) electrons. The Morgan fingerprint density at radius 3 is 2.60 bits per heavy atom. The summed E-state index contributed by atoms with van der Waals surface area (Å²) in [6.07, 6.45) is 0.305. The number of methoxy groups -OCH3 is 2. The molecule has 0 aliphatic carbocycles. The summed E-state index contributed by atoms with van der Waals surface area (Å²) in [5, 5.41) is 0.988. The Morgan fingerprint density at radius 2 is 2.00 bits per heavy atom. The predicted molar refractivity (Wildman–Crippen MR) is 100 cm³/mol. The fraction of sp³-hybridized carbons (Fsp3) is 0.474.